The predicted molar refractivity (Wildman–Crippen MR) is 102 cm³/mol. The van der Waals surface area contributed by atoms with Gasteiger partial charge in [0.05, 0.1) is 0 Å². The van der Waals surface area contributed by atoms with E-state index < -0.39 is 0 Å². The van der Waals surface area contributed by atoms with E-state index in [2.05, 4.69) is 35.2 Å². The lowest BCUT2D eigenvalue weighted by molar-refractivity contribution is 0.00903. The maximum absolute atomic E-state index is 13.6. The molecule has 2 atom stereocenters. The molecule has 26 heavy (non-hydrogen) atoms. The van der Waals surface area contributed by atoms with Crippen LogP contribution in [0.15, 0.2) is 48.5 Å². The molecule has 2 heterocycles. The van der Waals surface area contributed by atoms with Crippen molar-refractivity contribution in [2.75, 3.05) is 0 Å². The van der Waals surface area contributed by atoms with Crippen molar-refractivity contribution >= 4 is 5.78 Å². The van der Waals surface area contributed by atoms with Crippen LogP contribution in [0.2, 0.25) is 0 Å². The summed E-state index contributed by atoms with van der Waals surface area (Å²) in [6, 6.07) is 16.1. The molecule has 2 bridgehead atoms. The number of aryl methyl sites for hydroxylation is 1. The second kappa shape index (κ2) is 7.32. The van der Waals surface area contributed by atoms with E-state index in [9.17, 15) is 9.18 Å². The Balaban J connectivity index is 1.52. The van der Waals surface area contributed by atoms with Gasteiger partial charge in [-0.2, -0.15) is 0 Å². The second-order valence-electron chi connectivity index (χ2n) is 7.89. The first-order valence-electron chi connectivity index (χ1n) is 9.72. The van der Waals surface area contributed by atoms with Gasteiger partial charge in [0, 0.05) is 30.1 Å². The number of hydrogen-bond acceptors (Lipinski definition) is 2. The maximum Gasteiger partial charge on any atom is 0.166 e. The number of fused-ring (bicyclic) bond motifs is 2. The van der Waals surface area contributed by atoms with Gasteiger partial charge in [-0.05, 0) is 55.9 Å². The Kier molecular flexibility index (Phi) is 4.90. The standard InChI is InChI=1S/C23H26FNO/c1-16-10-11-19(24)14-22(16)23(26)18-12-20-8-5-9-21(13-18)25(20)15-17-6-3-2-4-7-17/h2-4,6-7,10-11,14,18,20-21H,5,8-9,12-13,15H2,1H3. The Morgan fingerprint density at radius 3 is 2.46 bits per heavy atom. The molecular formula is C23H26FNO. The lowest BCUT2D eigenvalue weighted by Crippen LogP contribution is -2.52. The average molecular weight is 351 g/mol. The largest absolute Gasteiger partial charge is 0.294 e. The molecule has 0 spiro atoms. The number of piperidine rings is 2. The highest BCUT2D eigenvalue weighted by atomic mass is 19.1. The smallest absolute Gasteiger partial charge is 0.166 e. The molecular weight excluding hydrogens is 325 g/mol. The summed E-state index contributed by atoms with van der Waals surface area (Å²) in [5.74, 6) is -0.156. The molecule has 0 saturated carbocycles. The molecule has 2 aliphatic rings. The van der Waals surface area contributed by atoms with Crippen LogP contribution in [0.4, 0.5) is 4.39 Å². The van der Waals surface area contributed by atoms with Gasteiger partial charge in [-0.15, -0.1) is 0 Å². The molecule has 4 rings (SSSR count). The molecule has 3 heteroatoms. The molecule has 0 aliphatic carbocycles. The Morgan fingerprint density at radius 1 is 1.08 bits per heavy atom. The number of nitrogens with zero attached hydrogens (tertiary/aromatic N) is 1. The number of benzene rings is 2. The van der Waals surface area contributed by atoms with Crippen molar-refractivity contribution in [3.05, 3.63) is 71.0 Å². The first-order valence-corrected chi connectivity index (χ1v) is 9.72. The van der Waals surface area contributed by atoms with Crippen LogP contribution in [0.1, 0.15) is 53.6 Å². The molecule has 2 aromatic carbocycles. The van der Waals surface area contributed by atoms with Crippen LogP contribution in [0.3, 0.4) is 0 Å². The third kappa shape index (κ3) is 3.45. The minimum absolute atomic E-state index is 0.0258. The third-order valence-corrected chi connectivity index (χ3v) is 6.17. The van der Waals surface area contributed by atoms with E-state index in [4.69, 9.17) is 0 Å². The topological polar surface area (TPSA) is 20.3 Å². The molecule has 136 valence electrons. The quantitative estimate of drug-likeness (QED) is 0.710. The van der Waals surface area contributed by atoms with Gasteiger partial charge < -0.3 is 0 Å². The summed E-state index contributed by atoms with van der Waals surface area (Å²) in [4.78, 5) is 15.7. The third-order valence-electron chi connectivity index (χ3n) is 6.17. The molecule has 2 unspecified atom stereocenters. The summed E-state index contributed by atoms with van der Waals surface area (Å²) in [7, 11) is 0. The van der Waals surface area contributed by atoms with Crippen molar-refractivity contribution in [3.8, 4) is 0 Å². The monoisotopic (exact) mass is 351 g/mol. The highest BCUT2D eigenvalue weighted by Gasteiger charge is 2.40. The van der Waals surface area contributed by atoms with Crippen LogP contribution in [-0.2, 0) is 6.54 Å². The lowest BCUT2D eigenvalue weighted by atomic mass is 9.75. The molecule has 0 amide bonds. The van der Waals surface area contributed by atoms with Crippen LogP contribution in [-0.4, -0.2) is 22.8 Å². The molecule has 2 aliphatic heterocycles. The molecule has 2 saturated heterocycles. The first-order chi connectivity index (χ1) is 12.6. The predicted octanol–water partition coefficient (Wildman–Crippen LogP) is 5.15. The fraction of sp³-hybridized carbons (Fsp3) is 0.435. The fourth-order valence-electron chi connectivity index (χ4n) is 4.82. The summed E-state index contributed by atoms with van der Waals surface area (Å²) in [5.41, 5.74) is 2.80. The second-order valence-corrected chi connectivity index (χ2v) is 7.89. The molecule has 0 radical (unpaired) electrons. The number of carbonyl (C=O) groups is 1. The molecule has 2 nitrogen and oxygen atoms in total. The maximum atomic E-state index is 13.6. The van der Waals surface area contributed by atoms with E-state index in [1.165, 1.54) is 24.1 Å². The molecule has 2 fully saturated rings. The van der Waals surface area contributed by atoms with Gasteiger partial charge in [-0.25, -0.2) is 4.39 Å². The van der Waals surface area contributed by atoms with E-state index in [1.807, 2.05) is 6.92 Å². The Labute approximate surface area is 155 Å². The number of hydrogen-bond donors (Lipinski definition) is 0. The molecule has 0 N–H and O–H groups in total. The minimum Gasteiger partial charge on any atom is -0.294 e. The van der Waals surface area contributed by atoms with Crippen molar-refractivity contribution in [2.24, 2.45) is 5.92 Å². The molecule has 0 aromatic heterocycles. The Hall–Kier alpha value is -2.00. The molecule has 2 aromatic rings. The van der Waals surface area contributed by atoms with Gasteiger partial charge >= 0.3 is 0 Å². The summed E-state index contributed by atoms with van der Waals surface area (Å²) in [6.07, 6.45) is 5.38. The number of carbonyl (C=O) groups excluding carboxylic acids is 1. The van der Waals surface area contributed by atoms with E-state index in [-0.39, 0.29) is 17.5 Å². The first kappa shape index (κ1) is 17.4. The number of rotatable bonds is 4. The zero-order chi connectivity index (χ0) is 18.1. The zero-order valence-electron chi connectivity index (χ0n) is 15.3. The van der Waals surface area contributed by atoms with Crippen LogP contribution < -0.4 is 0 Å². The van der Waals surface area contributed by atoms with Gasteiger partial charge in [0.25, 0.3) is 0 Å². The lowest BCUT2D eigenvalue weighted by Gasteiger charge is -2.48. The highest BCUT2D eigenvalue weighted by molar-refractivity contribution is 5.99. The van der Waals surface area contributed by atoms with Crippen molar-refractivity contribution in [1.29, 1.82) is 0 Å². The van der Waals surface area contributed by atoms with Crippen molar-refractivity contribution in [2.45, 2.75) is 57.7 Å². The van der Waals surface area contributed by atoms with E-state index in [1.54, 1.807) is 6.07 Å². The Morgan fingerprint density at radius 2 is 1.77 bits per heavy atom. The van der Waals surface area contributed by atoms with Crippen LogP contribution >= 0.6 is 0 Å². The minimum atomic E-state index is -0.319. The van der Waals surface area contributed by atoms with Crippen LogP contribution in [0, 0.1) is 18.7 Å². The van der Waals surface area contributed by atoms with E-state index in [0.29, 0.717) is 17.6 Å². The normalized spacial score (nSPS) is 25.8. The van der Waals surface area contributed by atoms with Gasteiger partial charge in [-0.3, -0.25) is 9.69 Å². The zero-order valence-corrected chi connectivity index (χ0v) is 15.3. The van der Waals surface area contributed by atoms with E-state index in [0.717, 1.165) is 37.8 Å². The summed E-state index contributed by atoms with van der Waals surface area (Å²) >= 11 is 0. The van der Waals surface area contributed by atoms with Crippen molar-refractivity contribution in [1.82, 2.24) is 4.90 Å². The number of ketones is 1. The summed E-state index contributed by atoms with van der Waals surface area (Å²) in [5, 5.41) is 0. The SMILES string of the molecule is Cc1ccc(F)cc1C(=O)C1CC2CCCC(C1)N2Cc1ccccc1. The van der Waals surface area contributed by atoms with Gasteiger partial charge in [0.2, 0.25) is 0 Å². The van der Waals surface area contributed by atoms with Crippen molar-refractivity contribution < 1.29 is 9.18 Å². The Bertz CT molecular complexity index is 774. The highest BCUT2D eigenvalue weighted by Crippen LogP contribution is 2.39. The van der Waals surface area contributed by atoms with Crippen LogP contribution in [0.5, 0.6) is 0 Å². The van der Waals surface area contributed by atoms with Gasteiger partial charge in [-0.1, -0.05) is 42.8 Å². The van der Waals surface area contributed by atoms with Crippen molar-refractivity contribution in [3.63, 3.8) is 0 Å². The van der Waals surface area contributed by atoms with Crippen LogP contribution in [0.25, 0.3) is 0 Å². The number of halogens is 1. The average Bonchev–Trinajstić information content (AvgIpc) is 2.64. The summed E-state index contributed by atoms with van der Waals surface area (Å²) in [6.45, 7) is 2.87. The van der Waals surface area contributed by atoms with Gasteiger partial charge in [0.1, 0.15) is 5.82 Å². The van der Waals surface area contributed by atoms with E-state index >= 15 is 0 Å². The van der Waals surface area contributed by atoms with Gasteiger partial charge in [0.15, 0.2) is 5.78 Å². The fourth-order valence-corrected chi connectivity index (χ4v) is 4.82. The number of Topliss-reactive ketones (excluding diaryl/α,β-unsaturated/α-hetero) is 1. The summed E-state index contributed by atoms with van der Waals surface area (Å²) < 4.78 is 13.6.